The number of piperidine rings is 1. The van der Waals surface area contributed by atoms with Crippen molar-refractivity contribution in [3.05, 3.63) is 48.4 Å². The van der Waals surface area contributed by atoms with Gasteiger partial charge in [-0.05, 0) is 49.9 Å². The van der Waals surface area contributed by atoms with Crippen LogP contribution >= 0.6 is 0 Å². The van der Waals surface area contributed by atoms with E-state index in [1.165, 1.54) is 24.9 Å². The van der Waals surface area contributed by atoms with Gasteiger partial charge in [-0.1, -0.05) is 5.16 Å². The fraction of sp³-hybridized carbons (Fsp3) is 0.450. The molecule has 1 fully saturated rings. The second-order valence-corrected chi connectivity index (χ2v) is 7.28. The number of hydrogen-bond acceptors (Lipinski definition) is 5. The molecule has 0 saturated carbocycles. The van der Waals surface area contributed by atoms with Gasteiger partial charge in [0.15, 0.2) is 0 Å². The second kappa shape index (κ2) is 6.59. The molecule has 3 aromatic rings. The summed E-state index contributed by atoms with van der Waals surface area (Å²) in [4.78, 5) is 11.6. The molecule has 134 valence electrons. The van der Waals surface area contributed by atoms with Crippen LogP contribution in [0.5, 0.6) is 0 Å². The first-order valence-corrected chi connectivity index (χ1v) is 9.56. The number of nitrogens with zero attached hydrogens (tertiary/aromatic N) is 5. The van der Waals surface area contributed by atoms with Crippen molar-refractivity contribution >= 4 is 5.69 Å². The summed E-state index contributed by atoms with van der Waals surface area (Å²) < 4.78 is 7.79. The van der Waals surface area contributed by atoms with Gasteiger partial charge in [-0.15, -0.1) is 0 Å². The van der Waals surface area contributed by atoms with Gasteiger partial charge in [0.1, 0.15) is 5.82 Å². The maximum absolute atomic E-state index is 5.59. The van der Waals surface area contributed by atoms with E-state index in [-0.39, 0.29) is 5.92 Å². The van der Waals surface area contributed by atoms with Crippen LogP contribution in [0.1, 0.15) is 43.3 Å². The SMILES string of the molecule is c1cn2c(n1)CC(c1nc(-c3ccc(N4CCCCC4)cc3)no1)CC2. The average molecular weight is 349 g/mol. The minimum atomic E-state index is 0.263. The Balaban J connectivity index is 1.32. The summed E-state index contributed by atoms with van der Waals surface area (Å²) in [7, 11) is 0. The fourth-order valence-electron chi connectivity index (χ4n) is 4.05. The number of hydrogen-bond donors (Lipinski definition) is 0. The summed E-state index contributed by atoms with van der Waals surface area (Å²) in [5, 5.41) is 4.22. The average Bonchev–Trinajstić information content (AvgIpc) is 3.38. The Labute approximate surface area is 152 Å². The standard InChI is InChI=1S/C20H23N5O/c1-2-10-24(11-3-1)17-6-4-15(5-7-17)19-22-20(26-23-19)16-8-12-25-13-9-21-18(25)14-16/h4-7,9,13,16H,1-3,8,10-12,14H2. The van der Waals surface area contributed by atoms with E-state index in [1.54, 1.807) is 0 Å². The molecule has 0 spiro atoms. The molecule has 5 rings (SSSR count). The topological polar surface area (TPSA) is 60.0 Å². The highest BCUT2D eigenvalue weighted by Crippen LogP contribution is 2.30. The molecule has 0 N–H and O–H groups in total. The van der Waals surface area contributed by atoms with Crippen molar-refractivity contribution < 1.29 is 4.52 Å². The molecule has 1 atom stereocenters. The summed E-state index contributed by atoms with van der Waals surface area (Å²) in [6.07, 6.45) is 9.70. The molecule has 0 bridgehead atoms. The minimum Gasteiger partial charge on any atom is -0.372 e. The van der Waals surface area contributed by atoms with Gasteiger partial charge >= 0.3 is 0 Å². The van der Waals surface area contributed by atoms with Crippen molar-refractivity contribution in [2.75, 3.05) is 18.0 Å². The molecule has 26 heavy (non-hydrogen) atoms. The Kier molecular flexibility index (Phi) is 3.96. The number of imidazole rings is 1. The van der Waals surface area contributed by atoms with Crippen LogP contribution in [-0.4, -0.2) is 32.8 Å². The summed E-state index contributed by atoms with van der Waals surface area (Å²) >= 11 is 0. The molecule has 0 amide bonds. The highest BCUT2D eigenvalue weighted by atomic mass is 16.5. The number of fused-ring (bicyclic) bond motifs is 1. The van der Waals surface area contributed by atoms with E-state index in [1.807, 2.05) is 12.4 Å². The maximum atomic E-state index is 5.59. The number of anilines is 1. The van der Waals surface area contributed by atoms with Crippen LogP contribution in [0.25, 0.3) is 11.4 Å². The second-order valence-electron chi connectivity index (χ2n) is 7.28. The van der Waals surface area contributed by atoms with Gasteiger partial charge in [0.2, 0.25) is 11.7 Å². The van der Waals surface area contributed by atoms with Crippen LogP contribution in [-0.2, 0) is 13.0 Å². The Hall–Kier alpha value is -2.63. The highest BCUT2D eigenvalue weighted by Gasteiger charge is 2.25. The van der Waals surface area contributed by atoms with Crippen molar-refractivity contribution in [2.24, 2.45) is 0 Å². The number of rotatable bonds is 3. The Morgan fingerprint density at radius 3 is 2.69 bits per heavy atom. The lowest BCUT2D eigenvalue weighted by atomic mass is 9.98. The van der Waals surface area contributed by atoms with Gasteiger partial charge in [-0.2, -0.15) is 4.98 Å². The van der Waals surface area contributed by atoms with Gasteiger partial charge in [0.05, 0.1) is 0 Å². The van der Waals surface area contributed by atoms with Crippen LogP contribution in [0.4, 0.5) is 5.69 Å². The van der Waals surface area contributed by atoms with Crippen LogP contribution < -0.4 is 4.90 Å². The molecule has 2 aliphatic heterocycles. The first-order chi connectivity index (χ1) is 12.9. The molecule has 1 unspecified atom stereocenters. The van der Waals surface area contributed by atoms with Crippen molar-refractivity contribution in [2.45, 2.75) is 44.6 Å². The first-order valence-electron chi connectivity index (χ1n) is 9.56. The third kappa shape index (κ3) is 2.89. The smallest absolute Gasteiger partial charge is 0.230 e. The Morgan fingerprint density at radius 2 is 1.85 bits per heavy atom. The largest absolute Gasteiger partial charge is 0.372 e. The lowest BCUT2D eigenvalue weighted by Crippen LogP contribution is -2.29. The van der Waals surface area contributed by atoms with Crippen molar-refractivity contribution in [1.29, 1.82) is 0 Å². The molecule has 0 aliphatic carbocycles. The van der Waals surface area contributed by atoms with E-state index in [0.29, 0.717) is 5.82 Å². The summed E-state index contributed by atoms with van der Waals surface area (Å²) in [5.41, 5.74) is 2.30. The van der Waals surface area contributed by atoms with Crippen molar-refractivity contribution in [3.8, 4) is 11.4 Å². The van der Waals surface area contributed by atoms with Gasteiger partial charge in [-0.3, -0.25) is 0 Å². The normalized spacial score (nSPS) is 20.2. The molecule has 4 heterocycles. The van der Waals surface area contributed by atoms with E-state index in [2.05, 4.69) is 48.9 Å². The van der Waals surface area contributed by atoms with Gasteiger partial charge in [0.25, 0.3) is 0 Å². The third-order valence-corrected chi connectivity index (χ3v) is 5.59. The summed E-state index contributed by atoms with van der Waals surface area (Å²) in [6.45, 7) is 3.27. The third-order valence-electron chi connectivity index (χ3n) is 5.59. The monoisotopic (exact) mass is 349 g/mol. The minimum absolute atomic E-state index is 0.263. The van der Waals surface area contributed by atoms with Crippen LogP contribution in [0.3, 0.4) is 0 Å². The Morgan fingerprint density at radius 1 is 1.00 bits per heavy atom. The number of aromatic nitrogens is 4. The van der Waals surface area contributed by atoms with E-state index in [0.717, 1.165) is 49.8 Å². The molecule has 1 aromatic carbocycles. The first kappa shape index (κ1) is 15.6. The zero-order valence-electron chi connectivity index (χ0n) is 14.8. The Bertz CT molecular complexity index is 876. The van der Waals surface area contributed by atoms with Crippen LogP contribution in [0.2, 0.25) is 0 Å². The van der Waals surface area contributed by atoms with Gasteiger partial charge < -0.3 is 14.0 Å². The summed E-state index contributed by atoms with van der Waals surface area (Å²) in [5.74, 6) is 2.78. The van der Waals surface area contributed by atoms with E-state index < -0.39 is 0 Å². The fourth-order valence-corrected chi connectivity index (χ4v) is 4.05. The zero-order valence-corrected chi connectivity index (χ0v) is 14.8. The van der Waals surface area contributed by atoms with E-state index >= 15 is 0 Å². The van der Waals surface area contributed by atoms with E-state index in [9.17, 15) is 0 Å². The van der Waals surface area contributed by atoms with Crippen LogP contribution in [0, 0.1) is 0 Å². The molecule has 6 nitrogen and oxygen atoms in total. The van der Waals surface area contributed by atoms with Crippen molar-refractivity contribution in [1.82, 2.24) is 19.7 Å². The molecule has 2 aliphatic rings. The lowest BCUT2D eigenvalue weighted by Gasteiger charge is -2.28. The van der Waals surface area contributed by atoms with Gasteiger partial charge in [-0.25, -0.2) is 4.98 Å². The molecule has 6 heteroatoms. The molecule has 1 saturated heterocycles. The lowest BCUT2D eigenvalue weighted by molar-refractivity contribution is 0.323. The predicted molar refractivity (Wildman–Crippen MR) is 99.1 cm³/mol. The van der Waals surface area contributed by atoms with Crippen LogP contribution in [0.15, 0.2) is 41.2 Å². The van der Waals surface area contributed by atoms with Gasteiger partial charge in [0, 0.05) is 55.6 Å². The van der Waals surface area contributed by atoms with Crippen molar-refractivity contribution in [3.63, 3.8) is 0 Å². The predicted octanol–water partition coefficient (Wildman–Crippen LogP) is 3.65. The number of benzene rings is 1. The molecular formula is C20H23N5O. The zero-order chi connectivity index (χ0) is 17.3. The highest BCUT2D eigenvalue weighted by molar-refractivity contribution is 5.60. The quantitative estimate of drug-likeness (QED) is 0.722. The molecule has 2 aromatic heterocycles. The van der Waals surface area contributed by atoms with E-state index in [4.69, 9.17) is 4.52 Å². The molecule has 0 radical (unpaired) electrons. The number of aryl methyl sites for hydroxylation is 1. The molecular weight excluding hydrogens is 326 g/mol. The summed E-state index contributed by atoms with van der Waals surface area (Å²) in [6, 6.07) is 8.56. The maximum Gasteiger partial charge on any atom is 0.230 e.